The van der Waals surface area contributed by atoms with Crippen LogP contribution in [0.2, 0.25) is 0 Å². The van der Waals surface area contributed by atoms with Gasteiger partial charge in [-0.2, -0.15) is 5.10 Å². The lowest BCUT2D eigenvalue weighted by Crippen LogP contribution is -2.34. The Morgan fingerprint density at radius 3 is 2.45 bits per heavy atom. The number of nitrogens with zero attached hydrogens (tertiary/aromatic N) is 1. The van der Waals surface area contributed by atoms with Crippen molar-refractivity contribution in [1.29, 1.82) is 0 Å². The number of hydrazone groups is 1. The molecule has 0 spiro atoms. The molecule has 6 nitrogen and oxygen atoms in total. The van der Waals surface area contributed by atoms with E-state index >= 15 is 0 Å². The van der Waals surface area contributed by atoms with E-state index in [1.807, 2.05) is 13.8 Å². The zero-order valence-corrected chi connectivity index (χ0v) is 11.8. The molecule has 0 aliphatic heterocycles. The normalized spacial score (nSPS) is 10.6. The molecule has 0 aliphatic rings. The van der Waals surface area contributed by atoms with Gasteiger partial charge < -0.3 is 10.1 Å². The first-order valence-electron chi connectivity index (χ1n) is 6.26. The maximum atomic E-state index is 11.4. The number of ether oxygens (including phenoxy) is 1. The van der Waals surface area contributed by atoms with Gasteiger partial charge in [-0.3, -0.25) is 9.59 Å². The molecule has 0 saturated carbocycles. The highest BCUT2D eigenvalue weighted by molar-refractivity contribution is 5.97. The Morgan fingerprint density at radius 2 is 1.90 bits per heavy atom. The number of hydrogen-bond donors (Lipinski definition) is 2. The molecule has 0 radical (unpaired) electrons. The predicted octanol–water partition coefficient (Wildman–Crippen LogP) is 1.06. The third-order valence-corrected chi connectivity index (χ3v) is 2.29. The second-order valence-corrected chi connectivity index (χ2v) is 4.47. The first-order chi connectivity index (χ1) is 9.51. The molecule has 0 aromatic heterocycles. The summed E-state index contributed by atoms with van der Waals surface area (Å²) in [5.41, 5.74) is 3.12. The van der Waals surface area contributed by atoms with Gasteiger partial charge in [-0.25, -0.2) is 5.43 Å². The van der Waals surface area contributed by atoms with E-state index in [9.17, 15) is 9.59 Å². The first kappa shape index (κ1) is 15.7. The zero-order valence-electron chi connectivity index (χ0n) is 11.8. The molecule has 108 valence electrons. The van der Waals surface area contributed by atoms with Crippen LogP contribution in [0.1, 0.15) is 25.8 Å². The largest absolute Gasteiger partial charge is 0.497 e. The fourth-order valence-electron chi connectivity index (χ4n) is 1.43. The summed E-state index contributed by atoms with van der Waals surface area (Å²) < 4.78 is 5.03. The zero-order chi connectivity index (χ0) is 15.0. The molecule has 1 rings (SSSR count). The maximum Gasteiger partial charge on any atom is 0.249 e. The van der Waals surface area contributed by atoms with Gasteiger partial charge in [0.2, 0.25) is 11.8 Å². The Morgan fingerprint density at radius 1 is 1.25 bits per heavy atom. The number of benzene rings is 1. The smallest absolute Gasteiger partial charge is 0.249 e. The summed E-state index contributed by atoms with van der Waals surface area (Å²) in [6.07, 6.45) is 1.26. The molecule has 0 aliphatic carbocycles. The minimum atomic E-state index is -0.451. The topological polar surface area (TPSA) is 79.8 Å². The monoisotopic (exact) mass is 277 g/mol. The summed E-state index contributed by atoms with van der Waals surface area (Å²) in [5.74, 6) is -0.0263. The van der Waals surface area contributed by atoms with Gasteiger partial charge in [0.25, 0.3) is 0 Å². The lowest BCUT2D eigenvalue weighted by Gasteiger charge is -2.06. The molecule has 1 aromatic carbocycles. The van der Waals surface area contributed by atoms with E-state index in [1.165, 1.54) is 6.21 Å². The Kier molecular flexibility index (Phi) is 6.22. The van der Waals surface area contributed by atoms with E-state index in [0.717, 1.165) is 11.3 Å². The van der Waals surface area contributed by atoms with Crippen molar-refractivity contribution in [1.82, 2.24) is 10.7 Å². The minimum Gasteiger partial charge on any atom is -0.497 e. The van der Waals surface area contributed by atoms with Gasteiger partial charge in [0.1, 0.15) is 12.2 Å². The van der Waals surface area contributed by atoms with Crippen molar-refractivity contribution in [3.8, 4) is 5.75 Å². The van der Waals surface area contributed by atoms with Crippen LogP contribution in [-0.2, 0) is 9.59 Å². The Balaban J connectivity index is 2.39. The molecular weight excluding hydrogens is 258 g/mol. The average molecular weight is 277 g/mol. The summed E-state index contributed by atoms with van der Waals surface area (Å²) in [6.45, 7) is 3.66. The highest BCUT2D eigenvalue weighted by Crippen LogP contribution is 2.09. The third kappa shape index (κ3) is 5.99. The lowest BCUT2D eigenvalue weighted by molar-refractivity contribution is -0.129. The molecule has 0 unspecified atom stereocenters. The van der Waals surface area contributed by atoms with Crippen LogP contribution in [-0.4, -0.2) is 31.2 Å². The Labute approximate surface area is 118 Å². The summed E-state index contributed by atoms with van der Waals surface area (Å²) in [5, 5.41) is 6.41. The van der Waals surface area contributed by atoms with Crippen LogP contribution in [0.15, 0.2) is 29.4 Å². The lowest BCUT2D eigenvalue weighted by atomic mass is 10.2. The van der Waals surface area contributed by atoms with Crippen LogP contribution >= 0.6 is 0 Å². The van der Waals surface area contributed by atoms with Gasteiger partial charge in [-0.1, -0.05) is 0 Å². The standard InChI is InChI=1S/C14H19N3O3/c1-10(2)16-13(18)8-14(19)17-15-9-11-4-6-12(20-3)7-5-11/h4-7,9-10H,8H2,1-3H3,(H,16,18)(H,17,19). The Hall–Kier alpha value is -2.37. The van der Waals surface area contributed by atoms with Crippen LogP contribution in [0, 0.1) is 0 Å². The molecule has 2 amide bonds. The number of amides is 2. The Bertz CT molecular complexity index is 481. The quantitative estimate of drug-likeness (QED) is 0.463. The summed E-state index contributed by atoms with van der Waals surface area (Å²) >= 11 is 0. The van der Waals surface area contributed by atoms with Crippen LogP contribution < -0.4 is 15.5 Å². The number of carbonyl (C=O) groups excluding carboxylic acids is 2. The van der Waals surface area contributed by atoms with Crippen LogP contribution in [0.4, 0.5) is 0 Å². The number of carbonyl (C=O) groups is 2. The second kappa shape index (κ2) is 7.93. The molecule has 2 N–H and O–H groups in total. The molecule has 1 aromatic rings. The predicted molar refractivity (Wildman–Crippen MR) is 76.6 cm³/mol. The summed E-state index contributed by atoms with van der Waals surface area (Å²) in [4.78, 5) is 22.7. The number of hydrogen-bond acceptors (Lipinski definition) is 4. The number of rotatable bonds is 6. The number of nitrogens with one attached hydrogen (secondary N) is 2. The van der Waals surface area contributed by atoms with Crippen molar-refractivity contribution in [2.45, 2.75) is 26.3 Å². The van der Waals surface area contributed by atoms with Crippen molar-refractivity contribution < 1.29 is 14.3 Å². The first-order valence-corrected chi connectivity index (χ1v) is 6.26. The maximum absolute atomic E-state index is 11.4. The van der Waals surface area contributed by atoms with E-state index < -0.39 is 5.91 Å². The van der Waals surface area contributed by atoms with Gasteiger partial charge in [-0.15, -0.1) is 0 Å². The van der Waals surface area contributed by atoms with Crippen molar-refractivity contribution in [3.63, 3.8) is 0 Å². The highest BCUT2D eigenvalue weighted by Gasteiger charge is 2.08. The summed E-state index contributed by atoms with van der Waals surface area (Å²) in [7, 11) is 1.59. The van der Waals surface area contributed by atoms with Crippen LogP contribution in [0.5, 0.6) is 5.75 Å². The fourth-order valence-corrected chi connectivity index (χ4v) is 1.43. The average Bonchev–Trinajstić information content (AvgIpc) is 2.38. The molecule has 0 saturated heterocycles. The molecule has 6 heteroatoms. The van der Waals surface area contributed by atoms with Gasteiger partial charge in [0.05, 0.1) is 13.3 Å². The summed E-state index contributed by atoms with van der Waals surface area (Å²) in [6, 6.07) is 7.21. The van der Waals surface area contributed by atoms with E-state index in [2.05, 4.69) is 15.8 Å². The molecule has 0 fully saturated rings. The van der Waals surface area contributed by atoms with Crippen molar-refractivity contribution in [3.05, 3.63) is 29.8 Å². The highest BCUT2D eigenvalue weighted by atomic mass is 16.5. The van der Waals surface area contributed by atoms with Crippen LogP contribution in [0.25, 0.3) is 0 Å². The van der Waals surface area contributed by atoms with E-state index in [4.69, 9.17) is 4.74 Å². The second-order valence-electron chi connectivity index (χ2n) is 4.47. The van der Waals surface area contributed by atoms with Crippen LogP contribution in [0.3, 0.4) is 0 Å². The molecular formula is C14H19N3O3. The molecule has 0 bridgehead atoms. The number of methoxy groups -OCH3 is 1. The fraction of sp³-hybridized carbons (Fsp3) is 0.357. The van der Waals surface area contributed by atoms with Gasteiger partial charge in [0.15, 0.2) is 0 Å². The molecule has 0 atom stereocenters. The van der Waals surface area contributed by atoms with E-state index in [-0.39, 0.29) is 18.4 Å². The SMILES string of the molecule is COc1ccc(C=NNC(=O)CC(=O)NC(C)C)cc1. The van der Waals surface area contributed by atoms with E-state index in [0.29, 0.717) is 0 Å². The van der Waals surface area contributed by atoms with Crippen molar-refractivity contribution >= 4 is 18.0 Å². The van der Waals surface area contributed by atoms with Gasteiger partial charge >= 0.3 is 0 Å². The van der Waals surface area contributed by atoms with Crippen molar-refractivity contribution in [2.24, 2.45) is 5.10 Å². The van der Waals surface area contributed by atoms with Gasteiger partial charge in [0, 0.05) is 6.04 Å². The molecule has 0 heterocycles. The van der Waals surface area contributed by atoms with Crippen molar-refractivity contribution in [2.75, 3.05) is 7.11 Å². The van der Waals surface area contributed by atoms with E-state index in [1.54, 1.807) is 31.4 Å². The minimum absolute atomic E-state index is 0.0121. The van der Waals surface area contributed by atoms with Gasteiger partial charge in [-0.05, 0) is 43.7 Å². The third-order valence-electron chi connectivity index (χ3n) is 2.29. The molecule has 20 heavy (non-hydrogen) atoms.